The molecule has 148 valence electrons. The van der Waals surface area contributed by atoms with E-state index in [-0.39, 0.29) is 17.4 Å². The van der Waals surface area contributed by atoms with Gasteiger partial charge in [-0.3, -0.25) is 4.79 Å². The van der Waals surface area contributed by atoms with Crippen LogP contribution < -0.4 is 10.9 Å². The maximum atomic E-state index is 13.3. The number of thiophene rings is 1. The third-order valence-electron chi connectivity index (χ3n) is 5.12. The molecule has 3 N–H and O–H groups in total. The van der Waals surface area contributed by atoms with Crippen LogP contribution in [0.5, 0.6) is 0 Å². The molecular weight excluding hydrogens is 385 g/mol. The fourth-order valence-corrected chi connectivity index (χ4v) is 4.60. The number of hydrogen-bond donors (Lipinski definition) is 2. The molecule has 2 aromatic carbocycles. The maximum Gasteiger partial charge on any atom is 0.260 e. The first-order valence-electron chi connectivity index (χ1n) is 9.67. The van der Waals surface area contributed by atoms with Gasteiger partial charge in [0.2, 0.25) is 0 Å². The quantitative estimate of drug-likeness (QED) is 0.501. The molecule has 0 spiro atoms. The van der Waals surface area contributed by atoms with Gasteiger partial charge >= 0.3 is 0 Å². The zero-order chi connectivity index (χ0) is 20.4. The van der Waals surface area contributed by atoms with Gasteiger partial charge in [0.1, 0.15) is 23.2 Å². The molecule has 2 aromatic heterocycles. The molecule has 0 saturated carbocycles. The SMILES string of the molecule is CC(C)[C@@H]([NH2+]Cc1nc2scc(-c3ccccc3)c2c(=O)[nH]1)c1ccc(F)cc1. The van der Waals surface area contributed by atoms with E-state index in [2.05, 4.69) is 24.1 Å². The highest BCUT2D eigenvalue weighted by atomic mass is 32.1. The van der Waals surface area contributed by atoms with Crippen LogP contribution in [0.3, 0.4) is 0 Å². The van der Waals surface area contributed by atoms with E-state index in [0.29, 0.717) is 23.7 Å². The number of rotatable bonds is 6. The Balaban J connectivity index is 1.60. The van der Waals surface area contributed by atoms with Gasteiger partial charge in [-0.05, 0) is 17.7 Å². The minimum atomic E-state index is -0.236. The number of nitrogens with zero attached hydrogens (tertiary/aromatic N) is 1. The number of aromatic amines is 1. The summed E-state index contributed by atoms with van der Waals surface area (Å²) in [6, 6.07) is 16.7. The van der Waals surface area contributed by atoms with Gasteiger partial charge in [0.05, 0.1) is 5.39 Å². The van der Waals surface area contributed by atoms with E-state index in [1.807, 2.05) is 47.8 Å². The Morgan fingerprint density at radius 2 is 1.83 bits per heavy atom. The number of benzene rings is 2. The molecule has 0 aliphatic rings. The second-order valence-electron chi connectivity index (χ2n) is 7.47. The summed E-state index contributed by atoms with van der Waals surface area (Å²) in [5, 5.41) is 4.78. The number of fused-ring (bicyclic) bond motifs is 1. The standard InChI is InChI=1S/C23H22FN3OS/c1-14(2)21(16-8-10-17(24)11-9-16)25-12-19-26-22(28)20-18(13-29-23(20)27-19)15-6-4-3-5-7-15/h3-11,13-14,21,25H,12H2,1-2H3,(H,26,27,28)/p+1/t21-/m1/s1. The van der Waals surface area contributed by atoms with E-state index in [0.717, 1.165) is 21.5 Å². The molecular formula is C23H23FN3OS+. The zero-order valence-corrected chi connectivity index (χ0v) is 17.2. The van der Waals surface area contributed by atoms with E-state index in [4.69, 9.17) is 4.98 Å². The summed E-state index contributed by atoms with van der Waals surface area (Å²) in [7, 11) is 0. The molecule has 4 nitrogen and oxygen atoms in total. The van der Waals surface area contributed by atoms with Crippen molar-refractivity contribution in [2.75, 3.05) is 0 Å². The van der Waals surface area contributed by atoms with Crippen LogP contribution in [0.15, 0.2) is 64.8 Å². The predicted molar refractivity (Wildman–Crippen MR) is 115 cm³/mol. The summed E-state index contributed by atoms with van der Waals surface area (Å²) >= 11 is 1.49. The van der Waals surface area contributed by atoms with Crippen molar-refractivity contribution in [2.24, 2.45) is 5.92 Å². The molecule has 0 amide bonds. The van der Waals surface area contributed by atoms with Gasteiger partial charge in [0.25, 0.3) is 5.56 Å². The lowest BCUT2D eigenvalue weighted by Crippen LogP contribution is -2.85. The van der Waals surface area contributed by atoms with Crippen LogP contribution in [0.2, 0.25) is 0 Å². The lowest BCUT2D eigenvalue weighted by atomic mass is 9.96. The van der Waals surface area contributed by atoms with E-state index >= 15 is 0 Å². The summed E-state index contributed by atoms with van der Waals surface area (Å²) < 4.78 is 13.3. The number of quaternary nitrogens is 1. The third-order valence-corrected chi connectivity index (χ3v) is 5.99. The molecule has 1 atom stereocenters. The van der Waals surface area contributed by atoms with Crippen molar-refractivity contribution in [3.8, 4) is 11.1 Å². The molecule has 4 rings (SSSR count). The average molecular weight is 409 g/mol. The normalized spacial score (nSPS) is 12.6. The van der Waals surface area contributed by atoms with Gasteiger partial charge in [-0.2, -0.15) is 0 Å². The molecule has 0 saturated heterocycles. The number of halogens is 1. The Bertz CT molecular complexity index is 1170. The van der Waals surface area contributed by atoms with Crippen molar-refractivity contribution in [2.45, 2.75) is 26.4 Å². The number of nitrogens with two attached hydrogens (primary N) is 1. The fourth-order valence-electron chi connectivity index (χ4n) is 3.64. The van der Waals surface area contributed by atoms with E-state index in [1.54, 1.807) is 0 Å². The predicted octanol–water partition coefficient (Wildman–Crippen LogP) is 4.25. The molecule has 0 aliphatic carbocycles. The van der Waals surface area contributed by atoms with Gasteiger partial charge in [-0.1, -0.05) is 56.3 Å². The van der Waals surface area contributed by atoms with Crippen LogP contribution in [-0.2, 0) is 6.54 Å². The largest absolute Gasteiger partial charge is 0.334 e. The molecule has 0 bridgehead atoms. The van der Waals surface area contributed by atoms with Crippen LogP contribution >= 0.6 is 11.3 Å². The van der Waals surface area contributed by atoms with Gasteiger partial charge in [0, 0.05) is 22.4 Å². The van der Waals surface area contributed by atoms with Crippen molar-refractivity contribution in [1.82, 2.24) is 9.97 Å². The lowest BCUT2D eigenvalue weighted by molar-refractivity contribution is -0.718. The van der Waals surface area contributed by atoms with Crippen LogP contribution in [0.1, 0.15) is 31.3 Å². The monoisotopic (exact) mass is 408 g/mol. The maximum absolute atomic E-state index is 13.3. The minimum absolute atomic E-state index is 0.110. The molecule has 2 heterocycles. The summed E-state index contributed by atoms with van der Waals surface area (Å²) in [6.07, 6.45) is 0. The summed E-state index contributed by atoms with van der Waals surface area (Å²) in [5.74, 6) is 0.763. The fraction of sp³-hybridized carbons (Fsp3) is 0.217. The summed E-state index contributed by atoms with van der Waals surface area (Å²) in [4.78, 5) is 21.2. The van der Waals surface area contributed by atoms with Crippen molar-refractivity contribution in [3.05, 3.63) is 87.5 Å². The number of aromatic nitrogens is 2. The Kier molecular flexibility index (Phi) is 5.56. The minimum Gasteiger partial charge on any atom is -0.334 e. The molecule has 29 heavy (non-hydrogen) atoms. The van der Waals surface area contributed by atoms with Crippen molar-refractivity contribution in [1.29, 1.82) is 0 Å². The molecule has 0 aliphatic heterocycles. The lowest BCUT2D eigenvalue weighted by Gasteiger charge is -2.19. The van der Waals surface area contributed by atoms with Crippen molar-refractivity contribution in [3.63, 3.8) is 0 Å². The molecule has 0 radical (unpaired) electrons. The second-order valence-corrected chi connectivity index (χ2v) is 8.33. The average Bonchev–Trinajstić information content (AvgIpc) is 3.14. The van der Waals surface area contributed by atoms with E-state index in [1.165, 1.54) is 23.5 Å². The van der Waals surface area contributed by atoms with Gasteiger partial charge in [-0.25, -0.2) is 9.37 Å². The number of H-pyrrole nitrogens is 1. The third kappa shape index (κ3) is 4.13. The number of nitrogens with one attached hydrogen (secondary N) is 1. The van der Waals surface area contributed by atoms with Crippen LogP contribution in [0.4, 0.5) is 4.39 Å². The van der Waals surface area contributed by atoms with E-state index in [9.17, 15) is 9.18 Å². The Morgan fingerprint density at radius 1 is 1.10 bits per heavy atom. The Morgan fingerprint density at radius 3 is 2.52 bits per heavy atom. The summed E-state index contributed by atoms with van der Waals surface area (Å²) in [5.41, 5.74) is 2.89. The highest BCUT2D eigenvalue weighted by molar-refractivity contribution is 7.17. The summed E-state index contributed by atoms with van der Waals surface area (Å²) in [6.45, 7) is 4.81. The smallest absolute Gasteiger partial charge is 0.260 e. The highest BCUT2D eigenvalue weighted by Gasteiger charge is 2.20. The molecule has 0 unspecified atom stereocenters. The molecule has 6 heteroatoms. The first-order chi connectivity index (χ1) is 14.0. The second kappa shape index (κ2) is 8.27. The molecule has 0 fully saturated rings. The highest BCUT2D eigenvalue weighted by Crippen LogP contribution is 2.30. The Labute approximate surface area is 172 Å². The topological polar surface area (TPSA) is 62.4 Å². The number of hydrogen-bond acceptors (Lipinski definition) is 3. The van der Waals surface area contributed by atoms with Crippen molar-refractivity contribution < 1.29 is 9.71 Å². The first kappa shape index (κ1) is 19.5. The molecule has 4 aromatic rings. The first-order valence-corrected chi connectivity index (χ1v) is 10.6. The van der Waals surface area contributed by atoms with E-state index < -0.39 is 0 Å². The Hall–Kier alpha value is -2.83. The van der Waals surface area contributed by atoms with Gasteiger partial charge in [0.15, 0.2) is 5.82 Å². The van der Waals surface area contributed by atoms with Crippen LogP contribution in [0, 0.1) is 11.7 Å². The van der Waals surface area contributed by atoms with Gasteiger partial charge in [-0.15, -0.1) is 11.3 Å². The zero-order valence-electron chi connectivity index (χ0n) is 16.4. The van der Waals surface area contributed by atoms with Crippen LogP contribution in [-0.4, -0.2) is 9.97 Å². The van der Waals surface area contributed by atoms with Crippen LogP contribution in [0.25, 0.3) is 21.3 Å². The van der Waals surface area contributed by atoms with Crippen molar-refractivity contribution >= 4 is 21.6 Å². The van der Waals surface area contributed by atoms with Gasteiger partial charge < -0.3 is 10.3 Å².